The number of aromatic nitrogens is 1. The minimum atomic E-state index is 0.621. The van der Waals surface area contributed by atoms with E-state index in [9.17, 15) is 0 Å². The highest BCUT2D eigenvalue weighted by Gasteiger charge is 2.24. The molecule has 0 radical (unpaired) electrons. The zero-order valence-electron chi connectivity index (χ0n) is 12.8. The maximum atomic E-state index is 5.29. The van der Waals surface area contributed by atoms with Gasteiger partial charge in [-0.05, 0) is 31.2 Å². The largest absolute Gasteiger partial charge is 0.384 e. The number of fused-ring (bicyclic) bond motifs is 1. The van der Waals surface area contributed by atoms with Crippen LogP contribution in [0, 0.1) is 5.92 Å². The molecule has 1 atom stereocenters. The van der Waals surface area contributed by atoms with Gasteiger partial charge in [0, 0.05) is 38.0 Å². The summed E-state index contributed by atoms with van der Waals surface area (Å²) < 4.78 is 5.29. The number of pyridine rings is 1. The number of nitrogens with one attached hydrogen (secondary N) is 1. The van der Waals surface area contributed by atoms with Gasteiger partial charge in [0.2, 0.25) is 0 Å². The molecule has 1 aromatic heterocycles. The van der Waals surface area contributed by atoms with Gasteiger partial charge in [0.05, 0.1) is 12.1 Å². The van der Waals surface area contributed by atoms with Crippen molar-refractivity contribution in [1.29, 1.82) is 0 Å². The fourth-order valence-corrected chi connectivity index (χ4v) is 3.14. The molecule has 0 saturated carbocycles. The van der Waals surface area contributed by atoms with E-state index in [-0.39, 0.29) is 0 Å². The second-order valence-electron chi connectivity index (χ2n) is 5.74. The molecular formula is C17H23N3O. The Morgan fingerprint density at radius 2 is 2.24 bits per heavy atom. The molecule has 1 aliphatic rings. The van der Waals surface area contributed by atoms with Gasteiger partial charge >= 0.3 is 0 Å². The molecule has 1 unspecified atom stereocenters. The highest BCUT2D eigenvalue weighted by atomic mass is 16.5. The maximum Gasteiger partial charge on any atom is 0.129 e. The van der Waals surface area contributed by atoms with Crippen molar-refractivity contribution in [3.8, 4) is 0 Å². The van der Waals surface area contributed by atoms with Gasteiger partial charge in [-0.2, -0.15) is 0 Å². The van der Waals surface area contributed by atoms with Crippen LogP contribution in [0.3, 0.4) is 0 Å². The molecule has 112 valence electrons. The van der Waals surface area contributed by atoms with Crippen LogP contribution in [0.1, 0.15) is 12.0 Å². The molecule has 1 aromatic carbocycles. The highest BCUT2D eigenvalue weighted by molar-refractivity contribution is 5.84. The minimum Gasteiger partial charge on any atom is -0.384 e. The fraction of sp³-hybridized carbons (Fsp3) is 0.471. The standard InChI is InChI=1S/C17H23N3O/c1-18-10-14-9-17(19-16-6-4-3-5-15(14)16)20-8-7-13(11-20)12-21-2/h3-6,9,13,18H,7-8,10-12H2,1-2H3. The summed E-state index contributed by atoms with van der Waals surface area (Å²) in [6.07, 6.45) is 1.18. The SMILES string of the molecule is CNCc1cc(N2CCC(COC)C2)nc2ccccc12. The number of nitrogens with zero attached hydrogens (tertiary/aromatic N) is 2. The van der Waals surface area contributed by atoms with Crippen LogP contribution >= 0.6 is 0 Å². The van der Waals surface area contributed by atoms with E-state index in [1.54, 1.807) is 7.11 Å². The molecular weight excluding hydrogens is 262 g/mol. The van der Waals surface area contributed by atoms with Crippen LogP contribution in [-0.4, -0.2) is 38.8 Å². The van der Waals surface area contributed by atoms with Crippen LogP contribution in [-0.2, 0) is 11.3 Å². The zero-order valence-corrected chi connectivity index (χ0v) is 12.8. The van der Waals surface area contributed by atoms with Crippen LogP contribution in [0.2, 0.25) is 0 Å². The van der Waals surface area contributed by atoms with Gasteiger partial charge in [-0.3, -0.25) is 0 Å². The molecule has 0 spiro atoms. The van der Waals surface area contributed by atoms with Crippen molar-refractivity contribution in [2.75, 3.05) is 38.8 Å². The van der Waals surface area contributed by atoms with Crippen LogP contribution in [0.5, 0.6) is 0 Å². The summed E-state index contributed by atoms with van der Waals surface area (Å²) in [4.78, 5) is 7.24. The van der Waals surface area contributed by atoms with Gasteiger partial charge in [0.15, 0.2) is 0 Å². The molecule has 2 aromatic rings. The predicted molar refractivity (Wildman–Crippen MR) is 86.7 cm³/mol. The number of para-hydroxylation sites is 1. The van der Waals surface area contributed by atoms with E-state index in [4.69, 9.17) is 9.72 Å². The second-order valence-corrected chi connectivity index (χ2v) is 5.74. The van der Waals surface area contributed by atoms with E-state index in [0.717, 1.165) is 37.6 Å². The van der Waals surface area contributed by atoms with Crippen molar-refractivity contribution in [2.24, 2.45) is 5.92 Å². The van der Waals surface area contributed by atoms with E-state index in [1.807, 2.05) is 7.05 Å². The first-order valence-electron chi connectivity index (χ1n) is 7.59. The van der Waals surface area contributed by atoms with Gasteiger partial charge in [0.25, 0.3) is 0 Å². The number of anilines is 1. The Morgan fingerprint density at radius 1 is 1.38 bits per heavy atom. The van der Waals surface area contributed by atoms with E-state index >= 15 is 0 Å². The summed E-state index contributed by atoms with van der Waals surface area (Å²) in [6, 6.07) is 10.6. The first-order valence-corrected chi connectivity index (χ1v) is 7.59. The lowest BCUT2D eigenvalue weighted by Crippen LogP contribution is -2.22. The molecule has 2 heterocycles. The zero-order chi connectivity index (χ0) is 14.7. The quantitative estimate of drug-likeness (QED) is 0.915. The molecule has 0 bridgehead atoms. The number of methoxy groups -OCH3 is 1. The Morgan fingerprint density at radius 3 is 3.05 bits per heavy atom. The molecule has 1 fully saturated rings. The minimum absolute atomic E-state index is 0.621. The van der Waals surface area contributed by atoms with Gasteiger partial charge in [-0.25, -0.2) is 4.98 Å². The van der Waals surface area contributed by atoms with Crippen molar-refractivity contribution in [3.05, 3.63) is 35.9 Å². The molecule has 3 rings (SSSR count). The monoisotopic (exact) mass is 285 g/mol. The number of rotatable bonds is 5. The Balaban J connectivity index is 1.92. The fourth-order valence-electron chi connectivity index (χ4n) is 3.14. The summed E-state index contributed by atoms with van der Waals surface area (Å²) in [7, 11) is 3.77. The Bertz CT molecular complexity index is 614. The average Bonchev–Trinajstić information content (AvgIpc) is 2.96. The van der Waals surface area contributed by atoms with E-state index in [2.05, 4.69) is 40.5 Å². The number of ether oxygens (including phenoxy) is 1. The smallest absolute Gasteiger partial charge is 0.129 e. The highest BCUT2D eigenvalue weighted by Crippen LogP contribution is 2.27. The van der Waals surface area contributed by atoms with Crippen LogP contribution in [0.4, 0.5) is 5.82 Å². The second kappa shape index (κ2) is 6.41. The van der Waals surface area contributed by atoms with Gasteiger partial charge in [0.1, 0.15) is 5.82 Å². The molecule has 0 amide bonds. The molecule has 0 aliphatic carbocycles. The Kier molecular flexibility index (Phi) is 4.36. The normalized spacial score (nSPS) is 18.6. The first-order chi connectivity index (χ1) is 10.3. The van der Waals surface area contributed by atoms with Crippen LogP contribution in [0.15, 0.2) is 30.3 Å². The number of hydrogen-bond donors (Lipinski definition) is 1. The van der Waals surface area contributed by atoms with Crippen molar-refractivity contribution in [1.82, 2.24) is 10.3 Å². The molecule has 21 heavy (non-hydrogen) atoms. The summed E-state index contributed by atoms with van der Waals surface area (Å²) >= 11 is 0. The summed E-state index contributed by atoms with van der Waals surface area (Å²) in [5, 5.41) is 4.50. The van der Waals surface area contributed by atoms with E-state index in [0.29, 0.717) is 5.92 Å². The maximum absolute atomic E-state index is 5.29. The third kappa shape index (κ3) is 3.01. The molecule has 1 N–H and O–H groups in total. The lowest BCUT2D eigenvalue weighted by molar-refractivity contribution is 0.161. The van der Waals surface area contributed by atoms with Gasteiger partial charge in [-0.15, -0.1) is 0 Å². The molecule has 1 saturated heterocycles. The average molecular weight is 285 g/mol. The van der Waals surface area contributed by atoms with Crippen LogP contribution < -0.4 is 10.2 Å². The van der Waals surface area contributed by atoms with Crippen molar-refractivity contribution in [2.45, 2.75) is 13.0 Å². The van der Waals surface area contributed by atoms with Gasteiger partial charge in [-0.1, -0.05) is 18.2 Å². The third-order valence-electron chi connectivity index (χ3n) is 4.17. The summed E-state index contributed by atoms with van der Waals surface area (Å²) in [5.41, 5.74) is 2.39. The predicted octanol–water partition coefficient (Wildman–Crippen LogP) is 2.43. The lowest BCUT2D eigenvalue weighted by atomic mass is 10.1. The van der Waals surface area contributed by atoms with Crippen molar-refractivity contribution >= 4 is 16.7 Å². The van der Waals surface area contributed by atoms with Crippen molar-refractivity contribution < 1.29 is 4.74 Å². The summed E-state index contributed by atoms with van der Waals surface area (Å²) in [5.74, 6) is 1.72. The molecule has 4 heteroatoms. The Hall–Kier alpha value is -1.65. The number of hydrogen-bond acceptors (Lipinski definition) is 4. The first kappa shape index (κ1) is 14.3. The number of benzene rings is 1. The molecule has 4 nitrogen and oxygen atoms in total. The van der Waals surface area contributed by atoms with Crippen LogP contribution in [0.25, 0.3) is 10.9 Å². The summed E-state index contributed by atoms with van der Waals surface area (Å²) in [6.45, 7) is 3.81. The van der Waals surface area contributed by atoms with E-state index in [1.165, 1.54) is 17.4 Å². The third-order valence-corrected chi connectivity index (χ3v) is 4.17. The molecule has 1 aliphatic heterocycles. The Labute approximate surface area is 126 Å². The topological polar surface area (TPSA) is 37.4 Å². The lowest BCUT2D eigenvalue weighted by Gasteiger charge is -2.19. The van der Waals surface area contributed by atoms with Crippen molar-refractivity contribution in [3.63, 3.8) is 0 Å². The van der Waals surface area contributed by atoms with Gasteiger partial charge < -0.3 is 15.0 Å². The van der Waals surface area contributed by atoms with E-state index < -0.39 is 0 Å².